The van der Waals surface area contributed by atoms with E-state index in [0.29, 0.717) is 19.6 Å². The highest BCUT2D eigenvalue weighted by molar-refractivity contribution is 5.81. The van der Waals surface area contributed by atoms with Crippen LogP contribution >= 0.6 is 0 Å². The van der Waals surface area contributed by atoms with Crippen LogP contribution in [0.5, 0.6) is 11.5 Å². The van der Waals surface area contributed by atoms with Crippen molar-refractivity contribution >= 4 is 5.91 Å². The van der Waals surface area contributed by atoms with Crippen LogP contribution < -0.4 is 14.8 Å². The first-order valence-corrected chi connectivity index (χ1v) is 8.71. The third-order valence-corrected chi connectivity index (χ3v) is 4.15. The third kappa shape index (κ3) is 5.52. The van der Waals surface area contributed by atoms with E-state index in [-0.39, 0.29) is 5.91 Å². The van der Waals surface area contributed by atoms with Crippen molar-refractivity contribution in [2.75, 3.05) is 13.2 Å². The Morgan fingerprint density at radius 2 is 1.88 bits per heavy atom. The molecule has 2 aromatic carbocycles. The second-order valence-electron chi connectivity index (χ2n) is 6.17. The summed E-state index contributed by atoms with van der Waals surface area (Å²) < 4.78 is 11.6. The zero-order chi connectivity index (χ0) is 18.2. The number of carbonyl (C=O) groups excluding carboxylic acids is 1. The predicted octanol–water partition coefficient (Wildman–Crippen LogP) is 3.96. The molecule has 0 radical (unpaired) electrons. The molecule has 4 nitrogen and oxygen atoms in total. The molecule has 0 fully saturated rings. The standard InChI is InChI=1S/C21H27NO3/c1-5-19(25-20-11-7-9-16(3)17(20)4)21(23)22-12-13-24-18-10-6-8-15(2)14-18/h6-11,14,19H,5,12-13H2,1-4H3,(H,22,23). The van der Waals surface area contributed by atoms with E-state index in [0.717, 1.165) is 28.2 Å². The van der Waals surface area contributed by atoms with E-state index in [1.807, 2.05) is 70.2 Å². The fourth-order valence-electron chi connectivity index (χ4n) is 2.49. The Labute approximate surface area is 150 Å². The molecule has 0 saturated heterocycles. The lowest BCUT2D eigenvalue weighted by Crippen LogP contribution is -2.39. The second-order valence-corrected chi connectivity index (χ2v) is 6.17. The Kier molecular flexibility index (Phi) is 6.87. The molecule has 2 aromatic rings. The van der Waals surface area contributed by atoms with Crippen molar-refractivity contribution in [1.29, 1.82) is 0 Å². The van der Waals surface area contributed by atoms with Gasteiger partial charge in [0.15, 0.2) is 6.10 Å². The fourth-order valence-corrected chi connectivity index (χ4v) is 2.49. The van der Waals surface area contributed by atoms with Gasteiger partial charge in [0.05, 0.1) is 6.54 Å². The maximum absolute atomic E-state index is 12.3. The van der Waals surface area contributed by atoms with Crippen LogP contribution in [0.3, 0.4) is 0 Å². The van der Waals surface area contributed by atoms with Gasteiger partial charge in [0.25, 0.3) is 5.91 Å². The van der Waals surface area contributed by atoms with Gasteiger partial charge in [0.1, 0.15) is 18.1 Å². The first-order chi connectivity index (χ1) is 12.0. The zero-order valence-corrected chi connectivity index (χ0v) is 15.5. The van der Waals surface area contributed by atoms with E-state index in [2.05, 4.69) is 5.32 Å². The smallest absolute Gasteiger partial charge is 0.261 e. The van der Waals surface area contributed by atoms with Crippen LogP contribution in [-0.4, -0.2) is 25.2 Å². The van der Waals surface area contributed by atoms with Gasteiger partial charge < -0.3 is 14.8 Å². The molecule has 1 atom stereocenters. The predicted molar refractivity (Wildman–Crippen MR) is 100 cm³/mol. The molecule has 1 unspecified atom stereocenters. The number of aryl methyl sites for hydroxylation is 2. The average molecular weight is 341 g/mol. The van der Waals surface area contributed by atoms with Crippen molar-refractivity contribution in [3.63, 3.8) is 0 Å². The lowest BCUT2D eigenvalue weighted by molar-refractivity contribution is -0.128. The number of rotatable bonds is 8. The first-order valence-electron chi connectivity index (χ1n) is 8.71. The minimum atomic E-state index is -0.500. The van der Waals surface area contributed by atoms with Crippen molar-refractivity contribution in [3.05, 3.63) is 59.2 Å². The number of nitrogens with one attached hydrogen (secondary N) is 1. The van der Waals surface area contributed by atoms with Crippen molar-refractivity contribution in [1.82, 2.24) is 5.32 Å². The molecule has 0 aliphatic heterocycles. The summed E-state index contributed by atoms with van der Waals surface area (Å²) in [7, 11) is 0. The second kappa shape index (κ2) is 9.11. The zero-order valence-electron chi connectivity index (χ0n) is 15.5. The van der Waals surface area contributed by atoms with E-state index >= 15 is 0 Å². The Bertz CT molecular complexity index is 712. The number of ether oxygens (including phenoxy) is 2. The molecular formula is C21H27NO3. The monoisotopic (exact) mass is 341 g/mol. The lowest BCUT2D eigenvalue weighted by atomic mass is 10.1. The van der Waals surface area contributed by atoms with Gasteiger partial charge in [-0.05, 0) is 62.1 Å². The number of hydrogen-bond donors (Lipinski definition) is 1. The Hall–Kier alpha value is -2.49. The number of amides is 1. The van der Waals surface area contributed by atoms with Gasteiger partial charge in [-0.3, -0.25) is 4.79 Å². The topological polar surface area (TPSA) is 47.6 Å². The van der Waals surface area contributed by atoms with Crippen LogP contribution in [0.4, 0.5) is 0 Å². The Balaban J connectivity index is 1.82. The van der Waals surface area contributed by atoms with Crippen molar-refractivity contribution in [2.24, 2.45) is 0 Å². The minimum absolute atomic E-state index is 0.115. The molecule has 0 saturated carbocycles. The molecule has 25 heavy (non-hydrogen) atoms. The summed E-state index contributed by atoms with van der Waals surface area (Å²) in [4.78, 5) is 12.3. The van der Waals surface area contributed by atoms with Crippen LogP contribution in [0.25, 0.3) is 0 Å². The summed E-state index contributed by atoms with van der Waals surface area (Å²) >= 11 is 0. The highest BCUT2D eigenvalue weighted by Crippen LogP contribution is 2.22. The van der Waals surface area contributed by atoms with Crippen LogP contribution in [0.15, 0.2) is 42.5 Å². The van der Waals surface area contributed by atoms with Crippen molar-refractivity contribution in [3.8, 4) is 11.5 Å². The summed E-state index contributed by atoms with van der Waals surface area (Å²) in [5.74, 6) is 1.46. The summed E-state index contributed by atoms with van der Waals surface area (Å²) in [5, 5.41) is 2.88. The van der Waals surface area contributed by atoms with Gasteiger partial charge >= 0.3 is 0 Å². The fraction of sp³-hybridized carbons (Fsp3) is 0.381. The van der Waals surface area contributed by atoms with Gasteiger partial charge in [0, 0.05) is 0 Å². The van der Waals surface area contributed by atoms with E-state index < -0.39 is 6.10 Å². The van der Waals surface area contributed by atoms with Gasteiger partial charge in [0.2, 0.25) is 0 Å². The first kappa shape index (κ1) is 18.8. The molecule has 1 N–H and O–H groups in total. The highest BCUT2D eigenvalue weighted by Gasteiger charge is 2.19. The SMILES string of the molecule is CCC(Oc1cccc(C)c1C)C(=O)NCCOc1cccc(C)c1. The van der Waals surface area contributed by atoms with E-state index in [4.69, 9.17) is 9.47 Å². The molecule has 0 spiro atoms. The van der Waals surface area contributed by atoms with Gasteiger partial charge in [-0.25, -0.2) is 0 Å². The van der Waals surface area contributed by atoms with Gasteiger partial charge in [-0.15, -0.1) is 0 Å². The molecule has 134 valence electrons. The molecule has 0 aromatic heterocycles. The normalized spacial score (nSPS) is 11.7. The minimum Gasteiger partial charge on any atom is -0.492 e. The van der Waals surface area contributed by atoms with E-state index in [1.165, 1.54) is 0 Å². The number of benzene rings is 2. The molecule has 0 heterocycles. The average Bonchev–Trinajstić information content (AvgIpc) is 2.60. The van der Waals surface area contributed by atoms with E-state index in [9.17, 15) is 4.79 Å². The maximum Gasteiger partial charge on any atom is 0.261 e. The van der Waals surface area contributed by atoms with Crippen LogP contribution in [0, 0.1) is 20.8 Å². The van der Waals surface area contributed by atoms with Crippen LogP contribution in [0.2, 0.25) is 0 Å². The largest absolute Gasteiger partial charge is 0.492 e. The summed E-state index contributed by atoms with van der Waals surface area (Å²) in [5.41, 5.74) is 3.37. The number of hydrogen-bond acceptors (Lipinski definition) is 3. The molecule has 4 heteroatoms. The lowest BCUT2D eigenvalue weighted by Gasteiger charge is -2.19. The summed E-state index contributed by atoms with van der Waals surface area (Å²) in [6, 6.07) is 13.7. The Morgan fingerprint density at radius 3 is 2.60 bits per heavy atom. The molecule has 1 amide bonds. The molecule has 0 aliphatic rings. The third-order valence-electron chi connectivity index (χ3n) is 4.15. The summed E-state index contributed by atoms with van der Waals surface area (Å²) in [6.45, 7) is 8.87. The van der Waals surface area contributed by atoms with Gasteiger partial charge in [-0.2, -0.15) is 0 Å². The molecule has 0 bridgehead atoms. The quantitative estimate of drug-likeness (QED) is 0.739. The maximum atomic E-state index is 12.3. The van der Waals surface area contributed by atoms with E-state index in [1.54, 1.807) is 0 Å². The van der Waals surface area contributed by atoms with Crippen molar-refractivity contribution < 1.29 is 14.3 Å². The molecular weight excluding hydrogens is 314 g/mol. The molecule has 0 aliphatic carbocycles. The van der Waals surface area contributed by atoms with Crippen molar-refractivity contribution in [2.45, 2.75) is 40.2 Å². The highest BCUT2D eigenvalue weighted by atomic mass is 16.5. The Morgan fingerprint density at radius 1 is 1.12 bits per heavy atom. The number of carbonyl (C=O) groups is 1. The van der Waals surface area contributed by atoms with Gasteiger partial charge in [-0.1, -0.05) is 31.2 Å². The molecule has 2 rings (SSSR count). The van der Waals surface area contributed by atoms with Crippen LogP contribution in [0.1, 0.15) is 30.0 Å². The van der Waals surface area contributed by atoms with Crippen LogP contribution in [-0.2, 0) is 4.79 Å². The summed E-state index contributed by atoms with van der Waals surface area (Å²) in [6.07, 6.45) is 0.109.